The molecule has 1 unspecified atom stereocenters. The first-order chi connectivity index (χ1) is 17.4. The predicted molar refractivity (Wildman–Crippen MR) is 134 cm³/mol. The van der Waals surface area contributed by atoms with Gasteiger partial charge in [-0.2, -0.15) is 0 Å². The van der Waals surface area contributed by atoms with Crippen molar-refractivity contribution in [2.45, 2.75) is 12.5 Å². The average Bonchev–Trinajstić information content (AvgIpc) is 3.14. The maximum absolute atomic E-state index is 13.3. The molecule has 10 heteroatoms. The van der Waals surface area contributed by atoms with Crippen LogP contribution in [0.5, 0.6) is 17.2 Å². The standard InChI is InChI=1S/C26H29ClN2O7/c1-34-20-6-3-5-17(25(20)35-2)22-21(23(31)18-15-16(27)7-8-19(18)30)24(32)26(33)29(22)10-4-9-28-11-13-36-14-12-28/h3,5-8,15,22,30-31H,4,9-14H2,1-2H3/b23-21+. The van der Waals surface area contributed by atoms with Crippen LogP contribution < -0.4 is 9.47 Å². The van der Waals surface area contributed by atoms with Gasteiger partial charge in [0.25, 0.3) is 11.7 Å². The van der Waals surface area contributed by atoms with Gasteiger partial charge in [0.1, 0.15) is 11.5 Å². The molecule has 192 valence electrons. The fourth-order valence-electron chi connectivity index (χ4n) is 4.69. The summed E-state index contributed by atoms with van der Waals surface area (Å²) < 4.78 is 16.4. The Morgan fingerprint density at radius 2 is 1.86 bits per heavy atom. The van der Waals surface area contributed by atoms with Gasteiger partial charge < -0.3 is 29.3 Å². The van der Waals surface area contributed by atoms with E-state index in [-0.39, 0.29) is 28.5 Å². The Bertz CT molecular complexity index is 1180. The molecule has 0 aromatic heterocycles. The highest BCUT2D eigenvalue weighted by Crippen LogP contribution is 2.46. The Morgan fingerprint density at radius 1 is 1.11 bits per heavy atom. The number of aromatic hydroxyl groups is 1. The number of rotatable bonds is 8. The van der Waals surface area contributed by atoms with E-state index in [2.05, 4.69) is 4.90 Å². The van der Waals surface area contributed by atoms with E-state index in [4.69, 9.17) is 25.8 Å². The number of phenolic OH excluding ortho intramolecular Hbond substituents is 1. The number of phenols is 1. The van der Waals surface area contributed by atoms with E-state index in [9.17, 15) is 19.8 Å². The zero-order valence-corrected chi connectivity index (χ0v) is 21.0. The van der Waals surface area contributed by atoms with Crippen molar-refractivity contribution in [2.24, 2.45) is 0 Å². The highest BCUT2D eigenvalue weighted by Gasteiger charge is 2.47. The normalized spacial score (nSPS) is 20.1. The van der Waals surface area contributed by atoms with Gasteiger partial charge in [0, 0.05) is 36.8 Å². The summed E-state index contributed by atoms with van der Waals surface area (Å²) in [6, 6.07) is 8.31. The van der Waals surface area contributed by atoms with E-state index in [1.807, 2.05) is 0 Å². The average molecular weight is 517 g/mol. The van der Waals surface area contributed by atoms with E-state index in [1.165, 1.54) is 37.3 Å². The second kappa shape index (κ2) is 11.2. The van der Waals surface area contributed by atoms with E-state index in [0.717, 1.165) is 19.6 Å². The Balaban J connectivity index is 1.79. The van der Waals surface area contributed by atoms with Gasteiger partial charge in [-0.3, -0.25) is 14.5 Å². The molecule has 2 N–H and O–H groups in total. The SMILES string of the molecule is COc1cccc(C2/C(=C(\O)c3cc(Cl)ccc3O)C(=O)C(=O)N2CCCN2CCOCC2)c1OC. The van der Waals surface area contributed by atoms with Gasteiger partial charge in [0.2, 0.25) is 0 Å². The topological polar surface area (TPSA) is 109 Å². The number of aliphatic hydroxyl groups excluding tert-OH is 1. The van der Waals surface area contributed by atoms with Crippen molar-refractivity contribution in [1.29, 1.82) is 0 Å². The van der Waals surface area contributed by atoms with Crippen LogP contribution in [0.2, 0.25) is 5.02 Å². The minimum Gasteiger partial charge on any atom is -0.507 e. The van der Waals surface area contributed by atoms with E-state index in [0.29, 0.717) is 36.7 Å². The molecule has 2 aromatic rings. The third kappa shape index (κ3) is 5.00. The number of ketones is 1. The molecular weight excluding hydrogens is 488 g/mol. The summed E-state index contributed by atoms with van der Waals surface area (Å²) in [5.74, 6) is -1.63. The Hall–Kier alpha value is -3.27. The minimum absolute atomic E-state index is 0.0410. The van der Waals surface area contributed by atoms with Gasteiger partial charge >= 0.3 is 0 Å². The van der Waals surface area contributed by atoms with Gasteiger partial charge in [0.15, 0.2) is 11.5 Å². The zero-order valence-electron chi connectivity index (χ0n) is 20.2. The number of morpholine rings is 1. The maximum atomic E-state index is 13.3. The third-order valence-corrected chi connectivity index (χ3v) is 6.69. The molecule has 0 spiro atoms. The third-order valence-electron chi connectivity index (χ3n) is 6.46. The molecule has 2 aliphatic rings. The van der Waals surface area contributed by atoms with Crippen molar-refractivity contribution in [3.63, 3.8) is 0 Å². The number of nitrogens with zero attached hydrogens (tertiary/aromatic N) is 2. The van der Waals surface area contributed by atoms with Crippen LogP contribution in [-0.4, -0.2) is 85.3 Å². The van der Waals surface area contributed by atoms with Crippen molar-refractivity contribution in [2.75, 3.05) is 53.6 Å². The van der Waals surface area contributed by atoms with E-state index < -0.39 is 23.5 Å². The molecule has 2 aliphatic heterocycles. The summed E-state index contributed by atoms with van der Waals surface area (Å²) in [5, 5.41) is 21.9. The second-order valence-electron chi connectivity index (χ2n) is 8.54. The molecule has 36 heavy (non-hydrogen) atoms. The van der Waals surface area contributed by atoms with Crippen LogP contribution >= 0.6 is 11.6 Å². The molecule has 0 saturated carbocycles. The first kappa shape index (κ1) is 25.8. The van der Waals surface area contributed by atoms with Crippen LogP contribution in [0.3, 0.4) is 0 Å². The van der Waals surface area contributed by atoms with Gasteiger partial charge in [-0.05, 0) is 30.7 Å². The summed E-state index contributed by atoms with van der Waals surface area (Å²) in [4.78, 5) is 30.2. The minimum atomic E-state index is -0.960. The summed E-state index contributed by atoms with van der Waals surface area (Å²) in [5.41, 5.74) is 0.279. The number of benzene rings is 2. The zero-order chi connectivity index (χ0) is 25.8. The quantitative estimate of drug-likeness (QED) is 0.313. The Morgan fingerprint density at radius 3 is 2.56 bits per heavy atom. The van der Waals surface area contributed by atoms with E-state index in [1.54, 1.807) is 18.2 Å². The predicted octanol–water partition coefficient (Wildman–Crippen LogP) is 3.21. The number of hydrogen-bond acceptors (Lipinski definition) is 8. The smallest absolute Gasteiger partial charge is 0.295 e. The molecule has 2 aromatic carbocycles. The number of methoxy groups -OCH3 is 2. The first-order valence-corrected chi connectivity index (χ1v) is 12.0. The van der Waals surface area contributed by atoms with E-state index >= 15 is 0 Å². The fraction of sp³-hybridized carbons (Fsp3) is 0.385. The summed E-state index contributed by atoms with van der Waals surface area (Å²) in [7, 11) is 2.96. The summed E-state index contributed by atoms with van der Waals surface area (Å²) in [6.07, 6.45) is 0.609. The molecule has 2 fully saturated rings. The number of Topliss-reactive ketones (excluding diaryl/α,β-unsaturated/α-hetero) is 1. The van der Waals surface area contributed by atoms with Crippen molar-refractivity contribution >= 4 is 29.1 Å². The molecule has 2 saturated heterocycles. The van der Waals surface area contributed by atoms with Crippen molar-refractivity contribution in [1.82, 2.24) is 9.80 Å². The number of amides is 1. The van der Waals surface area contributed by atoms with Crippen LogP contribution in [-0.2, 0) is 14.3 Å². The number of carbonyl (C=O) groups excluding carboxylic acids is 2. The molecule has 1 amide bonds. The van der Waals surface area contributed by atoms with Crippen LogP contribution in [0.15, 0.2) is 42.0 Å². The van der Waals surface area contributed by atoms with Crippen molar-refractivity contribution in [3.8, 4) is 17.2 Å². The van der Waals surface area contributed by atoms with Crippen molar-refractivity contribution in [3.05, 3.63) is 58.1 Å². The lowest BCUT2D eigenvalue weighted by atomic mass is 9.94. The highest BCUT2D eigenvalue weighted by atomic mass is 35.5. The van der Waals surface area contributed by atoms with Crippen LogP contribution in [0.25, 0.3) is 5.76 Å². The number of ether oxygens (including phenoxy) is 3. The van der Waals surface area contributed by atoms with Gasteiger partial charge in [-0.25, -0.2) is 0 Å². The lowest BCUT2D eigenvalue weighted by Crippen LogP contribution is -2.39. The van der Waals surface area contributed by atoms with Crippen LogP contribution in [0.1, 0.15) is 23.6 Å². The summed E-state index contributed by atoms with van der Waals surface area (Å²) >= 11 is 6.09. The number of likely N-dealkylation sites (tertiary alicyclic amines) is 1. The van der Waals surface area contributed by atoms with Crippen LogP contribution in [0, 0.1) is 0 Å². The lowest BCUT2D eigenvalue weighted by Gasteiger charge is -2.30. The Labute approximate surface area is 214 Å². The molecule has 9 nitrogen and oxygen atoms in total. The number of halogens is 1. The summed E-state index contributed by atoms with van der Waals surface area (Å²) in [6.45, 7) is 3.93. The molecule has 1 atom stereocenters. The first-order valence-electron chi connectivity index (χ1n) is 11.7. The fourth-order valence-corrected chi connectivity index (χ4v) is 4.87. The maximum Gasteiger partial charge on any atom is 0.295 e. The van der Waals surface area contributed by atoms with Gasteiger partial charge in [-0.1, -0.05) is 23.7 Å². The molecule has 4 rings (SSSR count). The molecule has 2 heterocycles. The second-order valence-corrected chi connectivity index (χ2v) is 8.98. The van der Waals surface area contributed by atoms with Crippen LogP contribution in [0.4, 0.5) is 0 Å². The number of para-hydroxylation sites is 1. The molecule has 0 bridgehead atoms. The molecule has 0 aliphatic carbocycles. The Kier molecular flexibility index (Phi) is 8.03. The number of aliphatic hydroxyl groups is 1. The highest BCUT2D eigenvalue weighted by molar-refractivity contribution is 6.46. The number of carbonyl (C=O) groups is 2. The largest absolute Gasteiger partial charge is 0.507 e. The van der Waals surface area contributed by atoms with Gasteiger partial charge in [-0.15, -0.1) is 0 Å². The molecular formula is C26H29ClN2O7. The monoisotopic (exact) mass is 516 g/mol. The van der Waals surface area contributed by atoms with Gasteiger partial charge in [0.05, 0.1) is 44.6 Å². The number of hydrogen-bond donors (Lipinski definition) is 2. The lowest BCUT2D eigenvalue weighted by molar-refractivity contribution is -0.140. The molecule has 0 radical (unpaired) electrons. The van der Waals surface area contributed by atoms with Crippen molar-refractivity contribution < 1.29 is 34.0 Å².